The Kier molecular flexibility index (Phi) is 13.0. The molecule has 0 aromatic heterocycles. The van der Waals surface area contributed by atoms with E-state index in [0.717, 1.165) is 46.0 Å². The van der Waals surface area contributed by atoms with Gasteiger partial charge in [-0.15, -0.1) is 0 Å². The van der Waals surface area contributed by atoms with Gasteiger partial charge < -0.3 is 9.47 Å². The summed E-state index contributed by atoms with van der Waals surface area (Å²) in [6, 6.07) is 0. The summed E-state index contributed by atoms with van der Waals surface area (Å²) in [5.74, 6) is -1.91. The number of unbranched alkanes of at least 4 members (excludes halogenated alkanes) is 8. The summed E-state index contributed by atoms with van der Waals surface area (Å²) in [4.78, 5) is 21.4. The highest BCUT2D eigenvalue weighted by Crippen LogP contribution is 2.28. The third-order valence-electron chi connectivity index (χ3n) is 4.28. The zero-order valence-corrected chi connectivity index (χ0v) is 16.8. The monoisotopic (exact) mass is 436 g/mol. The highest BCUT2D eigenvalue weighted by molar-refractivity contribution is 5.66. The Labute approximate surface area is 167 Å². The Balaban J connectivity index is 3.75. The van der Waals surface area contributed by atoms with Crippen molar-refractivity contribution in [2.75, 3.05) is 0 Å². The van der Waals surface area contributed by atoms with Crippen LogP contribution in [0.4, 0.5) is 26.3 Å². The minimum atomic E-state index is -4.56. The van der Waals surface area contributed by atoms with Crippen LogP contribution in [0.15, 0.2) is 0 Å². The van der Waals surface area contributed by atoms with Crippen molar-refractivity contribution in [2.24, 2.45) is 0 Å². The Bertz CT molecular complexity index is 434. The van der Waals surface area contributed by atoms with Gasteiger partial charge in [-0.25, -0.2) is 0 Å². The van der Waals surface area contributed by atoms with Gasteiger partial charge in [-0.05, 0) is 25.7 Å². The predicted molar refractivity (Wildman–Crippen MR) is 94.0 cm³/mol. The van der Waals surface area contributed by atoms with Crippen LogP contribution in [0.3, 0.4) is 0 Å². The van der Waals surface area contributed by atoms with E-state index in [0.29, 0.717) is 25.7 Å². The standard InChI is InChI=1S/C19H30F6O4/c1-14(26)28-16(18(20,21)22)12-10-8-6-4-3-5-7-9-11-13-17(19(23,24)25)29-15(2)27/h16-17H,3-13H2,1-2H3/t16-,17-/m0/s1. The second-order valence-electron chi connectivity index (χ2n) is 7.04. The molecule has 2 atom stereocenters. The fourth-order valence-electron chi connectivity index (χ4n) is 2.88. The quantitative estimate of drug-likeness (QED) is 0.183. The maximum absolute atomic E-state index is 12.7. The van der Waals surface area contributed by atoms with E-state index in [1.54, 1.807) is 0 Å². The van der Waals surface area contributed by atoms with Crippen molar-refractivity contribution in [1.82, 2.24) is 0 Å². The molecule has 0 fully saturated rings. The number of ether oxygens (including phenoxy) is 2. The number of carbonyl (C=O) groups excluding carboxylic acids is 2. The van der Waals surface area contributed by atoms with Crippen molar-refractivity contribution in [2.45, 2.75) is 109 Å². The molecule has 0 saturated heterocycles. The Hall–Kier alpha value is -1.48. The number of halogens is 6. The highest BCUT2D eigenvalue weighted by atomic mass is 19.4. The molecule has 0 saturated carbocycles. The molecular weight excluding hydrogens is 406 g/mol. The average molecular weight is 436 g/mol. The van der Waals surface area contributed by atoms with E-state index in [9.17, 15) is 35.9 Å². The number of esters is 2. The van der Waals surface area contributed by atoms with E-state index >= 15 is 0 Å². The summed E-state index contributed by atoms with van der Waals surface area (Å²) in [5, 5.41) is 0. The molecule has 0 heterocycles. The van der Waals surface area contributed by atoms with Gasteiger partial charge in [-0.1, -0.05) is 44.9 Å². The normalized spacial score (nSPS) is 14.3. The molecule has 0 aromatic rings. The molecule has 0 rings (SSSR count). The third kappa shape index (κ3) is 15.1. The predicted octanol–water partition coefficient (Wildman–Crippen LogP) is 6.27. The first-order valence-electron chi connectivity index (χ1n) is 9.82. The summed E-state index contributed by atoms with van der Waals surface area (Å²) in [6.45, 7) is 1.89. The van der Waals surface area contributed by atoms with Gasteiger partial charge in [0.15, 0.2) is 12.2 Å². The molecule has 0 spiro atoms. The van der Waals surface area contributed by atoms with Gasteiger partial charge in [0.25, 0.3) is 0 Å². The Morgan fingerprint density at radius 2 is 0.828 bits per heavy atom. The van der Waals surface area contributed by atoms with Crippen molar-refractivity contribution >= 4 is 11.9 Å². The minimum Gasteiger partial charge on any atom is -0.453 e. The van der Waals surface area contributed by atoms with E-state index in [1.807, 2.05) is 0 Å². The topological polar surface area (TPSA) is 52.6 Å². The van der Waals surface area contributed by atoms with Crippen molar-refractivity contribution in [3.05, 3.63) is 0 Å². The second-order valence-corrected chi connectivity index (χ2v) is 7.04. The van der Waals surface area contributed by atoms with E-state index < -0.39 is 36.5 Å². The van der Waals surface area contributed by atoms with Gasteiger partial charge in [0.05, 0.1) is 0 Å². The van der Waals surface area contributed by atoms with Gasteiger partial charge >= 0.3 is 24.3 Å². The molecule has 10 heteroatoms. The molecule has 0 amide bonds. The summed E-state index contributed by atoms with van der Waals surface area (Å²) in [7, 11) is 0. The molecule has 29 heavy (non-hydrogen) atoms. The molecule has 4 nitrogen and oxygen atoms in total. The number of alkyl halides is 6. The van der Waals surface area contributed by atoms with Crippen LogP contribution in [-0.2, 0) is 19.1 Å². The van der Waals surface area contributed by atoms with Crippen LogP contribution < -0.4 is 0 Å². The molecule has 0 aliphatic carbocycles. The first kappa shape index (κ1) is 27.5. The lowest BCUT2D eigenvalue weighted by Gasteiger charge is -2.19. The number of rotatable bonds is 14. The smallest absolute Gasteiger partial charge is 0.425 e. The molecule has 0 N–H and O–H groups in total. The van der Waals surface area contributed by atoms with Crippen molar-refractivity contribution in [3.8, 4) is 0 Å². The maximum Gasteiger partial charge on any atom is 0.425 e. The van der Waals surface area contributed by atoms with Crippen LogP contribution in [0.25, 0.3) is 0 Å². The largest absolute Gasteiger partial charge is 0.453 e. The van der Waals surface area contributed by atoms with E-state index in [1.165, 1.54) is 0 Å². The summed E-state index contributed by atoms with van der Waals surface area (Å²) in [5.41, 5.74) is 0. The first-order chi connectivity index (χ1) is 13.3. The summed E-state index contributed by atoms with van der Waals surface area (Å²) >= 11 is 0. The average Bonchev–Trinajstić information content (AvgIpc) is 2.55. The van der Waals surface area contributed by atoms with Crippen LogP contribution in [0.5, 0.6) is 0 Å². The Morgan fingerprint density at radius 3 is 1.03 bits per heavy atom. The molecule has 0 aliphatic heterocycles. The molecule has 0 aromatic carbocycles. The second kappa shape index (κ2) is 13.7. The zero-order chi connectivity index (χ0) is 22.5. The van der Waals surface area contributed by atoms with Crippen molar-refractivity contribution in [1.29, 1.82) is 0 Å². The lowest BCUT2D eigenvalue weighted by molar-refractivity contribution is -0.221. The van der Waals surface area contributed by atoms with Gasteiger partial charge in [0, 0.05) is 13.8 Å². The van der Waals surface area contributed by atoms with E-state index in [4.69, 9.17) is 0 Å². The molecule has 0 bridgehead atoms. The maximum atomic E-state index is 12.7. The fraction of sp³-hybridized carbons (Fsp3) is 0.895. The number of carbonyl (C=O) groups is 2. The zero-order valence-electron chi connectivity index (χ0n) is 16.8. The summed E-state index contributed by atoms with van der Waals surface area (Å²) < 4.78 is 84.6. The van der Waals surface area contributed by atoms with Crippen LogP contribution in [0, 0.1) is 0 Å². The summed E-state index contributed by atoms with van der Waals surface area (Å²) in [6.07, 6.45) is -8.02. The minimum absolute atomic E-state index is 0.258. The third-order valence-corrected chi connectivity index (χ3v) is 4.28. The highest BCUT2D eigenvalue weighted by Gasteiger charge is 2.42. The lowest BCUT2D eigenvalue weighted by atomic mass is 10.0. The lowest BCUT2D eigenvalue weighted by Crippen LogP contribution is -2.33. The molecule has 172 valence electrons. The SMILES string of the molecule is CC(=O)O[C@@H](CCCCCCCCCCC[C@H](OC(C)=O)C(F)(F)F)C(F)(F)F. The molecule has 0 radical (unpaired) electrons. The van der Waals surface area contributed by atoms with Crippen LogP contribution in [-0.4, -0.2) is 36.5 Å². The molecular formula is C19H30F6O4. The molecule has 0 aliphatic rings. The van der Waals surface area contributed by atoms with Gasteiger partial charge in [0.2, 0.25) is 0 Å². The van der Waals surface area contributed by atoms with Crippen LogP contribution >= 0.6 is 0 Å². The van der Waals surface area contributed by atoms with Crippen LogP contribution in [0.2, 0.25) is 0 Å². The van der Waals surface area contributed by atoms with Crippen LogP contribution in [0.1, 0.15) is 84.5 Å². The fourth-order valence-corrected chi connectivity index (χ4v) is 2.88. The Morgan fingerprint density at radius 1 is 0.586 bits per heavy atom. The van der Waals surface area contributed by atoms with Gasteiger partial charge in [-0.3, -0.25) is 9.59 Å². The molecule has 0 unspecified atom stereocenters. The first-order valence-corrected chi connectivity index (χ1v) is 9.82. The van der Waals surface area contributed by atoms with Gasteiger partial charge in [-0.2, -0.15) is 26.3 Å². The van der Waals surface area contributed by atoms with Crippen molar-refractivity contribution in [3.63, 3.8) is 0 Å². The number of hydrogen-bond acceptors (Lipinski definition) is 4. The number of hydrogen-bond donors (Lipinski definition) is 0. The van der Waals surface area contributed by atoms with E-state index in [-0.39, 0.29) is 12.8 Å². The van der Waals surface area contributed by atoms with Gasteiger partial charge in [0.1, 0.15) is 0 Å². The van der Waals surface area contributed by atoms with E-state index in [2.05, 4.69) is 9.47 Å². The van der Waals surface area contributed by atoms with Crippen molar-refractivity contribution < 1.29 is 45.4 Å².